The molecular weight excluding hydrogens is 354 g/mol. The average Bonchev–Trinajstić information content (AvgIpc) is 2.67. The molecule has 2 heterocycles. The van der Waals surface area contributed by atoms with Gasteiger partial charge in [-0.3, -0.25) is 9.59 Å². The molecule has 0 spiro atoms. The van der Waals surface area contributed by atoms with Crippen LogP contribution in [0.5, 0.6) is 0 Å². The summed E-state index contributed by atoms with van der Waals surface area (Å²) in [5.74, 6) is 0.608. The number of carbonyl (C=O) groups excluding carboxylic acids is 2. The normalized spacial score (nSPS) is 14.7. The van der Waals surface area contributed by atoms with E-state index in [1.54, 1.807) is 12.3 Å². The molecule has 7 heteroatoms. The van der Waals surface area contributed by atoms with Crippen molar-refractivity contribution in [3.63, 3.8) is 0 Å². The third-order valence-corrected chi connectivity index (χ3v) is 4.73. The first-order valence-electron chi connectivity index (χ1n) is 10.3. The van der Waals surface area contributed by atoms with Crippen LogP contribution in [-0.2, 0) is 4.79 Å². The van der Waals surface area contributed by atoms with Crippen LogP contribution in [0, 0.1) is 5.41 Å². The van der Waals surface area contributed by atoms with Crippen LogP contribution < -0.4 is 15.5 Å². The highest BCUT2D eigenvalue weighted by atomic mass is 16.2. The largest absolute Gasteiger partial charge is 0.352 e. The first-order chi connectivity index (χ1) is 13.3. The fraction of sp³-hybridized carbons (Fsp3) is 0.667. The van der Waals surface area contributed by atoms with E-state index in [1.807, 2.05) is 25.7 Å². The van der Waals surface area contributed by atoms with Crippen molar-refractivity contribution < 1.29 is 9.59 Å². The third kappa shape index (κ3) is 5.67. The summed E-state index contributed by atoms with van der Waals surface area (Å²) in [7, 11) is 0. The van der Waals surface area contributed by atoms with Gasteiger partial charge in [0.2, 0.25) is 5.91 Å². The van der Waals surface area contributed by atoms with Gasteiger partial charge in [0.15, 0.2) is 5.82 Å². The molecule has 1 aliphatic heterocycles. The fourth-order valence-corrected chi connectivity index (χ4v) is 3.14. The van der Waals surface area contributed by atoms with E-state index < -0.39 is 5.41 Å². The molecule has 156 valence electrons. The topological polar surface area (TPSA) is 77.6 Å². The fourth-order valence-electron chi connectivity index (χ4n) is 3.14. The Bertz CT molecular complexity index is 672. The van der Waals surface area contributed by atoms with Crippen LogP contribution in [0.3, 0.4) is 0 Å². The van der Waals surface area contributed by atoms with E-state index in [4.69, 9.17) is 0 Å². The van der Waals surface area contributed by atoms with Gasteiger partial charge in [-0.15, -0.1) is 0 Å². The molecule has 28 heavy (non-hydrogen) atoms. The first kappa shape index (κ1) is 22.1. The van der Waals surface area contributed by atoms with Crippen molar-refractivity contribution in [2.24, 2.45) is 5.41 Å². The van der Waals surface area contributed by atoms with E-state index in [0.29, 0.717) is 11.3 Å². The summed E-state index contributed by atoms with van der Waals surface area (Å²) in [5.41, 5.74) is 0.600. The Morgan fingerprint density at radius 1 is 1.18 bits per heavy atom. The lowest BCUT2D eigenvalue weighted by Gasteiger charge is -2.31. The number of carbonyl (C=O) groups is 2. The smallest absolute Gasteiger partial charge is 0.255 e. The molecule has 0 aliphatic carbocycles. The highest BCUT2D eigenvalue weighted by molar-refractivity contribution is 6.00. The van der Waals surface area contributed by atoms with Gasteiger partial charge in [-0.05, 0) is 18.9 Å². The van der Waals surface area contributed by atoms with Crippen LogP contribution in [0.25, 0.3) is 0 Å². The van der Waals surface area contributed by atoms with Crippen molar-refractivity contribution in [3.8, 4) is 0 Å². The number of rotatable bonds is 7. The third-order valence-electron chi connectivity index (χ3n) is 4.73. The zero-order chi connectivity index (χ0) is 20.7. The Morgan fingerprint density at radius 3 is 2.32 bits per heavy atom. The molecule has 0 saturated carbocycles. The second-order valence-corrected chi connectivity index (χ2v) is 8.33. The number of nitrogens with zero attached hydrogens (tertiary/aromatic N) is 3. The van der Waals surface area contributed by atoms with Crippen LogP contribution >= 0.6 is 0 Å². The Hall–Kier alpha value is -2.15. The molecule has 1 aliphatic rings. The molecular formula is C21H35N5O2. The second kappa shape index (κ2) is 9.87. The number of nitrogens with one attached hydrogen (secondary N) is 2. The highest BCUT2D eigenvalue weighted by Gasteiger charge is 2.25. The summed E-state index contributed by atoms with van der Waals surface area (Å²) in [4.78, 5) is 34.2. The number of piperazine rings is 1. The van der Waals surface area contributed by atoms with E-state index in [0.717, 1.165) is 57.9 Å². The van der Waals surface area contributed by atoms with E-state index in [-0.39, 0.29) is 11.8 Å². The lowest BCUT2D eigenvalue weighted by Crippen LogP contribution is -2.44. The van der Waals surface area contributed by atoms with Crippen molar-refractivity contribution in [1.82, 2.24) is 15.2 Å². The lowest BCUT2D eigenvalue weighted by atomic mass is 9.95. The minimum Gasteiger partial charge on any atom is -0.352 e. The predicted molar refractivity (Wildman–Crippen MR) is 114 cm³/mol. The van der Waals surface area contributed by atoms with Crippen molar-refractivity contribution in [2.45, 2.75) is 47.5 Å². The SMILES string of the molecule is CCCN(CCC)C(=O)c1cnc(N2CCNCC2)c(NC(=O)C(C)(C)C)c1. The summed E-state index contributed by atoms with van der Waals surface area (Å²) >= 11 is 0. The molecule has 2 amide bonds. The van der Waals surface area contributed by atoms with Crippen LogP contribution in [0.4, 0.5) is 11.5 Å². The summed E-state index contributed by atoms with van der Waals surface area (Å²) in [6.45, 7) is 14.6. The van der Waals surface area contributed by atoms with Crippen LogP contribution in [0.2, 0.25) is 0 Å². The van der Waals surface area contributed by atoms with Crippen molar-refractivity contribution >= 4 is 23.3 Å². The maximum Gasteiger partial charge on any atom is 0.255 e. The molecule has 1 aromatic rings. The second-order valence-electron chi connectivity index (χ2n) is 8.33. The van der Waals surface area contributed by atoms with Gasteiger partial charge in [0, 0.05) is 50.9 Å². The van der Waals surface area contributed by atoms with Crippen molar-refractivity contribution in [3.05, 3.63) is 17.8 Å². The number of hydrogen-bond acceptors (Lipinski definition) is 5. The number of amides is 2. The Balaban J connectivity index is 2.37. The van der Waals surface area contributed by atoms with Gasteiger partial charge >= 0.3 is 0 Å². The summed E-state index contributed by atoms with van der Waals surface area (Å²) < 4.78 is 0. The summed E-state index contributed by atoms with van der Waals surface area (Å²) in [5, 5.41) is 6.34. The van der Waals surface area contributed by atoms with Crippen molar-refractivity contribution in [2.75, 3.05) is 49.5 Å². The van der Waals surface area contributed by atoms with Gasteiger partial charge in [-0.25, -0.2) is 4.98 Å². The maximum atomic E-state index is 13.0. The first-order valence-corrected chi connectivity index (χ1v) is 10.3. The highest BCUT2D eigenvalue weighted by Crippen LogP contribution is 2.27. The predicted octanol–water partition coefficient (Wildman–Crippen LogP) is 2.74. The minimum absolute atomic E-state index is 0.0330. The van der Waals surface area contributed by atoms with Crippen LogP contribution in [0.1, 0.15) is 57.8 Å². The van der Waals surface area contributed by atoms with Gasteiger partial charge in [0.05, 0.1) is 11.3 Å². The summed E-state index contributed by atoms with van der Waals surface area (Å²) in [6.07, 6.45) is 3.46. The Labute approximate surface area is 168 Å². The Kier molecular flexibility index (Phi) is 7.80. The van der Waals surface area contributed by atoms with E-state index in [9.17, 15) is 9.59 Å². The molecule has 0 unspecified atom stereocenters. The van der Waals surface area contributed by atoms with E-state index >= 15 is 0 Å². The van der Waals surface area contributed by atoms with E-state index in [2.05, 4.69) is 34.4 Å². The number of anilines is 2. The van der Waals surface area contributed by atoms with Crippen molar-refractivity contribution in [1.29, 1.82) is 0 Å². The zero-order valence-electron chi connectivity index (χ0n) is 18.0. The van der Waals surface area contributed by atoms with Crippen LogP contribution in [0.15, 0.2) is 12.3 Å². The number of pyridine rings is 1. The van der Waals surface area contributed by atoms with Gasteiger partial charge in [-0.2, -0.15) is 0 Å². The molecule has 1 aromatic heterocycles. The Morgan fingerprint density at radius 2 is 1.79 bits per heavy atom. The average molecular weight is 390 g/mol. The molecule has 2 rings (SSSR count). The molecule has 0 bridgehead atoms. The number of hydrogen-bond donors (Lipinski definition) is 2. The molecule has 1 fully saturated rings. The standard InChI is InChI=1S/C21H35N5O2/c1-6-10-26(11-7-2)19(27)16-14-17(24-20(28)21(3,4)5)18(23-15-16)25-12-8-22-9-13-25/h14-15,22H,6-13H2,1-5H3,(H,24,28). The monoisotopic (exact) mass is 389 g/mol. The molecule has 0 atom stereocenters. The molecule has 0 aromatic carbocycles. The molecule has 1 saturated heterocycles. The van der Waals surface area contributed by atoms with Gasteiger partial charge in [0.25, 0.3) is 5.91 Å². The minimum atomic E-state index is -0.531. The van der Waals surface area contributed by atoms with Gasteiger partial charge < -0.3 is 20.4 Å². The maximum absolute atomic E-state index is 13.0. The van der Waals surface area contributed by atoms with Gasteiger partial charge in [-0.1, -0.05) is 34.6 Å². The molecule has 0 radical (unpaired) electrons. The van der Waals surface area contributed by atoms with E-state index in [1.165, 1.54) is 0 Å². The zero-order valence-corrected chi connectivity index (χ0v) is 18.0. The molecule has 2 N–H and O–H groups in total. The number of aromatic nitrogens is 1. The van der Waals surface area contributed by atoms with Gasteiger partial charge in [0.1, 0.15) is 0 Å². The quantitative estimate of drug-likeness (QED) is 0.750. The lowest BCUT2D eigenvalue weighted by molar-refractivity contribution is -0.123. The summed E-state index contributed by atoms with van der Waals surface area (Å²) in [6, 6.07) is 1.79. The van der Waals surface area contributed by atoms with Crippen LogP contribution in [-0.4, -0.2) is 61.0 Å². The molecule has 7 nitrogen and oxygen atoms in total.